The number of hydrogen-bond acceptors (Lipinski definition) is 1. The van der Waals surface area contributed by atoms with Crippen molar-refractivity contribution >= 4 is 27.3 Å². The van der Waals surface area contributed by atoms with Crippen LogP contribution in [0.3, 0.4) is 0 Å². The van der Waals surface area contributed by atoms with Crippen molar-refractivity contribution in [3.05, 3.63) is 82.8 Å². The molecule has 0 heterocycles. The Morgan fingerprint density at radius 1 is 0.750 bits per heavy atom. The van der Waals surface area contributed by atoms with E-state index in [0.717, 1.165) is 33.4 Å². The molecule has 3 rings (SSSR count). The van der Waals surface area contributed by atoms with Gasteiger partial charge in [0.25, 0.3) is 0 Å². The van der Waals surface area contributed by atoms with E-state index in [4.69, 9.17) is 0 Å². The topological polar surface area (TPSA) is 12.0 Å². The minimum absolute atomic E-state index is 0.604. The molecule has 122 valence electrons. The van der Waals surface area contributed by atoms with Gasteiger partial charge in [0.05, 0.1) is 5.56 Å². The molecule has 5 heteroatoms. The van der Waals surface area contributed by atoms with Gasteiger partial charge in [0, 0.05) is 21.4 Å². The summed E-state index contributed by atoms with van der Waals surface area (Å²) in [6.45, 7) is 0. The molecule has 0 bridgehead atoms. The van der Waals surface area contributed by atoms with Gasteiger partial charge in [-0.2, -0.15) is 13.2 Å². The Labute approximate surface area is 146 Å². The Morgan fingerprint density at radius 2 is 1.38 bits per heavy atom. The van der Waals surface area contributed by atoms with Crippen LogP contribution in [0.25, 0.3) is 11.1 Å². The van der Waals surface area contributed by atoms with E-state index in [-0.39, 0.29) is 0 Å². The van der Waals surface area contributed by atoms with E-state index in [1.165, 1.54) is 12.1 Å². The predicted octanol–water partition coefficient (Wildman–Crippen LogP) is 6.88. The van der Waals surface area contributed by atoms with Gasteiger partial charge in [-0.15, -0.1) is 0 Å². The average molecular weight is 392 g/mol. The zero-order valence-corrected chi connectivity index (χ0v) is 14.0. The summed E-state index contributed by atoms with van der Waals surface area (Å²) < 4.78 is 38.9. The Bertz CT molecular complexity index is 824. The van der Waals surface area contributed by atoms with Gasteiger partial charge in [-0.05, 0) is 48.0 Å². The molecule has 3 aromatic carbocycles. The molecular weight excluding hydrogens is 379 g/mol. The zero-order valence-electron chi connectivity index (χ0n) is 12.4. The van der Waals surface area contributed by atoms with Crippen LogP contribution in [-0.4, -0.2) is 0 Å². The fourth-order valence-electron chi connectivity index (χ4n) is 2.37. The van der Waals surface area contributed by atoms with Gasteiger partial charge in [0.1, 0.15) is 0 Å². The third-order valence-electron chi connectivity index (χ3n) is 3.57. The summed E-state index contributed by atoms with van der Waals surface area (Å²) >= 11 is 3.41. The molecule has 0 atom stereocenters. The SMILES string of the molecule is FC(F)(F)c1ccc(Nc2ccccc2-c2ccc(Br)cc2)cc1. The van der Waals surface area contributed by atoms with E-state index in [9.17, 15) is 13.2 Å². The second kappa shape index (κ2) is 6.69. The van der Waals surface area contributed by atoms with Crippen molar-refractivity contribution < 1.29 is 13.2 Å². The third kappa shape index (κ3) is 3.79. The Hall–Kier alpha value is -2.27. The molecule has 0 aliphatic heterocycles. The first-order chi connectivity index (χ1) is 11.4. The number of nitrogens with one attached hydrogen (secondary N) is 1. The minimum Gasteiger partial charge on any atom is -0.355 e. The van der Waals surface area contributed by atoms with E-state index < -0.39 is 11.7 Å². The van der Waals surface area contributed by atoms with Crippen molar-refractivity contribution in [3.63, 3.8) is 0 Å². The highest BCUT2D eigenvalue weighted by atomic mass is 79.9. The maximum Gasteiger partial charge on any atom is 0.416 e. The number of benzene rings is 3. The molecule has 0 aromatic heterocycles. The lowest BCUT2D eigenvalue weighted by atomic mass is 10.0. The zero-order chi connectivity index (χ0) is 17.2. The van der Waals surface area contributed by atoms with Crippen molar-refractivity contribution in [2.45, 2.75) is 6.18 Å². The summed E-state index contributed by atoms with van der Waals surface area (Å²) in [7, 11) is 0. The van der Waals surface area contributed by atoms with Crippen LogP contribution < -0.4 is 5.32 Å². The molecule has 0 saturated carbocycles. The van der Waals surface area contributed by atoms with Crippen LogP contribution in [0.5, 0.6) is 0 Å². The van der Waals surface area contributed by atoms with E-state index in [2.05, 4.69) is 21.2 Å². The van der Waals surface area contributed by atoms with Crippen LogP contribution in [0.2, 0.25) is 0 Å². The van der Waals surface area contributed by atoms with Crippen molar-refractivity contribution in [1.29, 1.82) is 0 Å². The lowest BCUT2D eigenvalue weighted by Crippen LogP contribution is -2.04. The van der Waals surface area contributed by atoms with Crippen molar-refractivity contribution in [2.24, 2.45) is 0 Å². The molecule has 0 aliphatic carbocycles. The number of rotatable bonds is 3. The van der Waals surface area contributed by atoms with Gasteiger partial charge in [-0.3, -0.25) is 0 Å². The predicted molar refractivity (Wildman–Crippen MR) is 94.3 cm³/mol. The number of hydrogen-bond donors (Lipinski definition) is 1. The van der Waals surface area contributed by atoms with Crippen LogP contribution in [0.4, 0.5) is 24.5 Å². The van der Waals surface area contributed by atoms with Crippen molar-refractivity contribution in [2.75, 3.05) is 5.32 Å². The van der Waals surface area contributed by atoms with E-state index >= 15 is 0 Å². The average Bonchev–Trinajstić information content (AvgIpc) is 2.56. The van der Waals surface area contributed by atoms with Crippen LogP contribution >= 0.6 is 15.9 Å². The summed E-state index contributed by atoms with van der Waals surface area (Å²) in [6, 6.07) is 20.6. The first-order valence-corrected chi connectivity index (χ1v) is 8.02. The summed E-state index contributed by atoms with van der Waals surface area (Å²) in [6.07, 6.45) is -4.33. The fourth-order valence-corrected chi connectivity index (χ4v) is 2.64. The molecule has 0 amide bonds. The number of para-hydroxylation sites is 1. The maximum absolute atomic E-state index is 12.6. The Kier molecular flexibility index (Phi) is 4.62. The van der Waals surface area contributed by atoms with E-state index in [0.29, 0.717) is 5.69 Å². The third-order valence-corrected chi connectivity index (χ3v) is 4.10. The summed E-state index contributed by atoms with van der Waals surface area (Å²) in [5, 5.41) is 3.19. The van der Waals surface area contributed by atoms with E-state index in [1.54, 1.807) is 0 Å². The lowest BCUT2D eigenvalue weighted by molar-refractivity contribution is -0.137. The number of halogens is 4. The highest BCUT2D eigenvalue weighted by molar-refractivity contribution is 9.10. The van der Waals surface area contributed by atoms with Gasteiger partial charge in [0.2, 0.25) is 0 Å². The molecule has 0 radical (unpaired) electrons. The normalized spacial score (nSPS) is 11.3. The summed E-state index contributed by atoms with van der Waals surface area (Å²) in [5.74, 6) is 0. The molecule has 0 unspecified atom stereocenters. The van der Waals surface area contributed by atoms with Crippen LogP contribution in [0.15, 0.2) is 77.3 Å². The smallest absolute Gasteiger partial charge is 0.355 e. The van der Waals surface area contributed by atoms with Crippen LogP contribution in [0, 0.1) is 0 Å². The van der Waals surface area contributed by atoms with Gasteiger partial charge >= 0.3 is 6.18 Å². The van der Waals surface area contributed by atoms with Crippen molar-refractivity contribution in [3.8, 4) is 11.1 Å². The molecule has 0 spiro atoms. The van der Waals surface area contributed by atoms with Crippen LogP contribution in [-0.2, 0) is 6.18 Å². The second-order valence-corrected chi connectivity index (χ2v) is 6.17. The van der Waals surface area contributed by atoms with Gasteiger partial charge in [-0.25, -0.2) is 0 Å². The molecule has 1 N–H and O–H groups in total. The first kappa shape index (κ1) is 16.6. The summed E-state index contributed by atoms with van der Waals surface area (Å²) in [4.78, 5) is 0. The fraction of sp³-hybridized carbons (Fsp3) is 0.0526. The molecular formula is C19H13BrF3N. The number of anilines is 2. The molecule has 0 aliphatic rings. The molecule has 0 saturated heterocycles. The molecule has 0 fully saturated rings. The van der Waals surface area contributed by atoms with Gasteiger partial charge in [-0.1, -0.05) is 46.3 Å². The quantitative estimate of drug-likeness (QED) is 0.513. The minimum atomic E-state index is -4.33. The molecule has 24 heavy (non-hydrogen) atoms. The monoisotopic (exact) mass is 391 g/mol. The highest BCUT2D eigenvalue weighted by Gasteiger charge is 2.29. The second-order valence-electron chi connectivity index (χ2n) is 5.25. The van der Waals surface area contributed by atoms with Gasteiger partial charge < -0.3 is 5.32 Å². The maximum atomic E-state index is 12.6. The van der Waals surface area contributed by atoms with Crippen molar-refractivity contribution in [1.82, 2.24) is 0 Å². The Balaban J connectivity index is 1.89. The highest BCUT2D eigenvalue weighted by Crippen LogP contribution is 2.33. The van der Waals surface area contributed by atoms with E-state index in [1.807, 2.05) is 48.5 Å². The standard InChI is InChI=1S/C19H13BrF3N/c20-15-9-5-13(6-10-15)17-3-1-2-4-18(17)24-16-11-7-14(8-12-16)19(21,22)23/h1-12,24H. The van der Waals surface area contributed by atoms with Crippen LogP contribution in [0.1, 0.15) is 5.56 Å². The Morgan fingerprint density at radius 3 is 2.00 bits per heavy atom. The largest absolute Gasteiger partial charge is 0.416 e. The summed E-state index contributed by atoms with van der Waals surface area (Å²) in [5.41, 5.74) is 2.78. The lowest BCUT2D eigenvalue weighted by Gasteiger charge is -2.13. The molecule has 1 nitrogen and oxygen atoms in total. The van der Waals surface area contributed by atoms with Gasteiger partial charge in [0.15, 0.2) is 0 Å². The first-order valence-electron chi connectivity index (χ1n) is 7.23. The molecule has 3 aromatic rings. The number of alkyl halides is 3.